The Labute approximate surface area is 180 Å². The Bertz CT molecular complexity index is 1340. The number of benzene rings is 3. The fourth-order valence-electron chi connectivity index (χ4n) is 3.16. The van der Waals surface area contributed by atoms with E-state index in [0.29, 0.717) is 21.1 Å². The molecule has 0 unspecified atom stereocenters. The van der Waals surface area contributed by atoms with Gasteiger partial charge in [-0.3, -0.25) is 0 Å². The molecule has 146 valence electrons. The summed E-state index contributed by atoms with van der Waals surface area (Å²) in [4.78, 5) is 11.5. The molecule has 0 aliphatic heterocycles. The highest BCUT2D eigenvalue weighted by Crippen LogP contribution is 2.34. The molecular formula is C21H13BrClNO4S. The molecule has 1 N–H and O–H groups in total. The number of rotatable bonds is 4. The average molecular weight is 491 g/mol. The minimum Gasteiger partial charge on any atom is -0.478 e. The largest absolute Gasteiger partial charge is 0.478 e. The highest BCUT2D eigenvalue weighted by Gasteiger charge is 2.25. The van der Waals surface area contributed by atoms with Gasteiger partial charge < -0.3 is 5.11 Å². The summed E-state index contributed by atoms with van der Waals surface area (Å²) in [5, 5.41) is 10.2. The van der Waals surface area contributed by atoms with Gasteiger partial charge in [-0.05, 0) is 42.0 Å². The van der Waals surface area contributed by atoms with Crippen LogP contribution in [0.5, 0.6) is 0 Å². The van der Waals surface area contributed by atoms with Crippen LogP contribution in [0.15, 0.2) is 82.2 Å². The molecule has 0 fully saturated rings. The molecular weight excluding hydrogens is 478 g/mol. The number of carboxylic acid groups (broad SMARTS) is 1. The fraction of sp³-hybridized carbons (Fsp3) is 0. The van der Waals surface area contributed by atoms with E-state index >= 15 is 0 Å². The minimum atomic E-state index is -4.08. The van der Waals surface area contributed by atoms with E-state index in [0.717, 1.165) is 0 Å². The second-order valence-corrected chi connectivity index (χ2v) is 9.49. The number of hydrogen-bond acceptors (Lipinski definition) is 3. The molecule has 29 heavy (non-hydrogen) atoms. The van der Waals surface area contributed by atoms with Gasteiger partial charge in [-0.1, -0.05) is 63.9 Å². The smallest absolute Gasteiger partial charge is 0.335 e. The molecule has 8 heteroatoms. The van der Waals surface area contributed by atoms with Crippen LogP contribution >= 0.6 is 27.5 Å². The Balaban J connectivity index is 2.10. The quantitative estimate of drug-likeness (QED) is 0.400. The first-order chi connectivity index (χ1) is 13.8. The van der Waals surface area contributed by atoms with Crippen molar-refractivity contribution >= 4 is 54.4 Å². The van der Waals surface area contributed by atoms with Crippen LogP contribution in [0, 0.1) is 0 Å². The summed E-state index contributed by atoms with van der Waals surface area (Å²) in [6.45, 7) is 0. The lowest BCUT2D eigenvalue weighted by Crippen LogP contribution is -2.14. The summed E-state index contributed by atoms with van der Waals surface area (Å²) < 4.78 is 28.9. The molecule has 0 saturated carbocycles. The van der Waals surface area contributed by atoms with E-state index in [1.165, 1.54) is 28.2 Å². The van der Waals surface area contributed by atoms with Crippen LogP contribution in [0.25, 0.3) is 22.2 Å². The van der Waals surface area contributed by atoms with Crippen molar-refractivity contribution in [2.45, 2.75) is 4.90 Å². The van der Waals surface area contributed by atoms with Crippen LogP contribution in [0.4, 0.5) is 0 Å². The highest BCUT2D eigenvalue weighted by molar-refractivity contribution is 9.10. The molecule has 1 heterocycles. The van der Waals surface area contributed by atoms with Gasteiger partial charge in [0, 0.05) is 14.9 Å². The summed E-state index contributed by atoms with van der Waals surface area (Å²) in [6, 6.07) is 19.6. The van der Waals surface area contributed by atoms with Crippen molar-refractivity contribution in [1.82, 2.24) is 3.97 Å². The van der Waals surface area contributed by atoms with E-state index in [1.807, 2.05) is 18.2 Å². The molecule has 0 spiro atoms. The number of carbonyl (C=O) groups is 1. The maximum Gasteiger partial charge on any atom is 0.335 e. The van der Waals surface area contributed by atoms with E-state index in [4.69, 9.17) is 11.6 Å². The maximum absolute atomic E-state index is 13.6. The first-order valence-electron chi connectivity index (χ1n) is 8.43. The van der Waals surface area contributed by atoms with Crippen LogP contribution < -0.4 is 0 Å². The van der Waals surface area contributed by atoms with Gasteiger partial charge >= 0.3 is 5.97 Å². The number of halogens is 2. The normalized spacial score (nSPS) is 11.7. The number of carboxylic acids is 1. The molecule has 4 aromatic rings. The van der Waals surface area contributed by atoms with Crippen molar-refractivity contribution in [3.05, 3.63) is 87.9 Å². The van der Waals surface area contributed by atoms with Crippen molar-refractivity contribution in [2.75, 3.05) is 0 Å². The van der Waals surface area contributed by atoms with Gasteiger partial charge in [0.25, 0.3) is 10.0 Å². The van der Waals surface area contributed by atoms with Gasteiger partial charge in [0.05, 0.1) is 21.7 Å². The Morgan fingerprint density at radius 2 is 1.69 bits per heavy atom. The molecule has 0 atom stereocenters. The van der Waals surface area contributed by atoms with Crippen LogP contribution in [0.1, 0.15) is 10.4 Å². The molecule has 3 aromatic carbocycles. The summed E-state index contributed by atoms with van der Waals surface area (Å²) >= 11 is 9.35. The number of hydrogen-bond donors (Lipinski definition) is 1. The Hall–Kier alpha value is -2.61. The summed E-state index contributed by atoms with van der Waals surface area (Å²) in [5.74, 6) is -1.14. The molecule has 0 bridgehead atoms. The molecule has 0 amide bonds. The van der Waals surface area contributed by atoms with E-state index in [9.17, 15) is 18.3 Å². The summed E-state index contributed by atoms with van der Waals surface area (Å²) in [5.41, 5.74) is 1.39. The van der Waals surface area contributed by atoms with Gasteiger partial charge in [0.2, 0.25) is 0 Å². The van der Waals surface area contributed by atoms with Crippen molar-refractivity contribution in [3.8, 4) is 11.3 Å². The van der Waals surface area contributed by atoms with Crippen molar-refractivity contribution in [2.24, 2.45) is 0 Å². The van der Waals surface area contributed by atoms with E-state index in [-0.39, 0.29) is 21.0 Å². The number of fused-ring (bicyclic) bond motifs is 1. The second kappa shape index (κ2) is 7.33. The van der Waals surface area contributed by atoms with Crippen molar-refractivity contribution in [3.63, 3.8) is 0 Å². The predicted molar refractivity (Wildman–Crippen MR) is 116 cm³/mol. The summed E-state index contributed by atoms with van der Waals surface area (Å²) in [7, 11) is -4.08. The monoisotopic (exact) mass is 489 g/mol. The van der Waals surface area contributed by atoms with E-state index in [1.54, 1.807) is 30.3 Å². The van der Waals surface area contributed by atoms with Gasteiger partial charge in [-0.15, -0.1) is 0 Å². The third-order valence-corrected chi connectivity index (χ3v) is 6.83. The Morgan fingerprint density at radius 1 is 0.966 bits per heavy atom. The molecule has 0 saturated heterocycles. The maximum atomic E-state index is 13.6. The van der Waals surface area contributed by atoms with Crippen molar-refractivity contribution in [1.29, 1.82) is 0 Å². The zero-order valence-electron chi connectivity index (χ0n) is 14.7. The number of aromatic nitrogens is 1. The lowest BCUT2D eigenvalue weighted by molar-refractivity contribution is 0.0697. The lowest BCUT2D eigenvalue weighted by atomic mass is 10.1. The zero-order valence-corrected chi connectivity index (χ0v) is 17.9. The first kappa shape index (κ1) is 19.7. The molecule has 1 aromatic heterocycles. The average Bonchev–Trinajstić information content (AvgIpc) is 3.07. The molecule has 5 nitrogen and oxygen atoms in total. The molecule has 0 radical (unpaired) electrons. The minimum absolute atomic E-state index is 0.000985. The van der Waals surface area contributed by atoms with Crippen LogP contribution in [-0.2, 0) is 10.0 Å². The van der Waals surface area contributed by atoms with Gasteiger partial charge in [-0.25, -0.2) is 17.2 Å². The third kappa shape index (κ3) is 3.57. The second-order valence-electron chi connectivity index (χ2n) is 6.35. The van der Waals surface area contributed by atoms with Crippen LogP contribution in [-0.4, -0.2) is 23.5 Å². The number of nitrogens with zero attached hydrogens (tertiary/aromatic N) is 1. The Kier molecular flexibility index (Phi) is 4.98. The zero-order chi connectivity index (χ0) is 20.8. The molecule has 0 aliphatic rings. The van der Waals surface area contributed by atoms with Crippen molar-refractivity contribution < 1.29 is 18.3 Å². The van der Waals surface area contributed by atoms with Crippen LogP contribution in [0.3, 0.4) is 0 Å². The fourth-order valence-corrected chi connectivity index (χ4v) is 5.83. The van der Waals surface area contributed by atoms with Gasteiger partial charge in [0.15, 0.2) is 0 Å². The third-order valence-electron chi connectivity index (χ3n) is 4.45. The summed E-state index contributed by atoms with van der Waals surface area (Å²) in [6.07, 6.45) is 0. The SMILES string of the molecule is O=C(O)c1ccc2cc(-c3ccccc3)n(S(=O)(=O)c3cc(Cl)cc(Br)c3)c2c1. The van der Waals surface area contributed by atoms with E-state index < -0.39 is 16.0 Å². The molecule has 0 aliphatic carbocycles. The number of aromatic carboxylic acids is 1. The standard InChI is InChI=1S/C21H13BrClNO4S/c22-16-10-17(23)12-18(11-16)29(27,28)24-19(13-4-2-1-3-5-13)8-14-6-7-15(21(25)26)9-20(14)24/h1-12H,(H,25,26). The Morgan fingerprint density at radius 3 is 2.34 bits per heavy atom. The molecule has 4 rings (SSSR count). The highest BCUT2D eigenvalue weighted by atomic mass is 79.9. The van der Waals surface area contributed by atoms with Gasteiger partial charge in [0.1, 0.15) is 0 Å². The lowest BCUT2D eigenvalue weighted by Gasteiger charge is -2.13. The predicted octanol–water partition coefficient (Wildman–Crippen LogP) is 5.66. The van der Waals surface area contributed by atoms with Gasteiger partial charge in [-0.2, -0.15) is 0 Å². The topological polar surface area (TPSA) is 76.4 Å². The van der Waals surface area contributed by atoms with E-state index in [2.05, 4.69) is 15.9 Å². The van der Waals surface area contributed by atoms with Crippen LogP contribution in [0.2, 0.25) is 5.02 Å². The first-order valence-corrected chi connectivity index (χ1v) is 11.0.